The van der Waals surface area contributed by atoms with E-state index in [0.29, 0.717) is 30.7 Å². The third-order valence-corrected chi connectivity index (χ3v) is 4.07. The normalized spacial score (nSPS) is 39.8. The van der Waals surface area contributed by atoms with Gasteiger partial charge >= 0.3 is 0 Å². The smallest absolute Gasteiger partial charge is 0.155 e. The van der Waals surface area contributed by atoms with Gasteiger partial charge in [0.1, 0.15) is 0 Å². The highest BCUT2D eigenvalue weighted by atomic mass is 16.1. The van der Waals surface area contributed by atoms with E-state index >= 15 is 0 Å². The van der Waals surface area contributed by atoms with Gasteiger partial charge in [0, 0.05) is 37.2 Å². The van der Waals surface area contributed by atoms with Crippen molar-refractivity contribution in [2.75, 3.05) is 13.6 Å². The van der Waals surface area contributed by atoms with Crippen molar-refractivity contribution in [2.24, 2.45) is 5.92 Å². The lowest BCUT2D eigenvalue weighted by atomic mass is 9.85. The number of fused-ring (bicyclic) bond motifs is 2. The summed E-state index contributed by atoms with van der Waals surface area (Å²) in [5.74, 6) is 1.01. The van der Waals surface area contributed by atoms with E-state index in [1.165, 1.54) is 25.0 Å². The van der Waals surface area contributed by atoms with Crippen LogP contribution < -0.4 is 5.32 Å². The molecule has 2 bridgehead atoms. The van der Waals surface area contributed by atoms with Crippen LogP contribution in [0.1, 0.15) is 25.7 Å². The first-order chi connectivity index (χ1) is 7.24. The predicted molar refractivity (Wildman–Crippen MR) is 58.4 cm³/mol. The first-order valence-corrected chi connectivity index (χ1v) is 5.93. The van der Waals surface area contributed by atoms with Crippen LogP contribution in [-0.4, -0.2) is 36.4 Å². The Morgan fingerprint density at radius 3 is 2.93 bits per heavy atom. The third kappa shape index (κ3) is 1.49. The van der Waals surface area contributed by atoms with Crippen LogP contribution in [0.25, 0.3) is 0 Å². The molecule has 0 amide bonds. The molecule has 3 nitrogen and oxygen atoms in total. The maximum Gasteiger partial charge on any atom is 0.155 e. The number of nitrogens with zero attached hydrogens (tertiary/aromatic N) is 1. The van der Waals surface area contributed by atoms with Crippen LogP contribution in [0.3, 0.4) is 0 Å². The van der Waals surface area contributed by atoms with Gasteiger partial charge in [-0.15, -0.1) is 0 Å². The molecule has 3 unspecified atom stereocenters. The molecular weight excluding hydrogens is 188 g/mol. The SMILES string of the molecule is CN1CC(=O)CC=C1C1CC2CCC1N2. The molecule has 0 aromatic carbocycles. The Morgan fingerprint density at radius 1 is 1.47 bits per heavy atom. The molecule has 3 atom stereocenters. The van der Waals surface area contributed by atoms with E-state index in [4.69, 9.17) is 0 Å². The van der Waals surface area contributed by atoms with Crippen LogP contribution in [-0.2, 0) is 4.79 Å². The molecule has 2 saturated heterocycles. The molecule has 0 radical (unpaired) electrons. The summed E-state index contributed by atoms with van der Waals surface area (Å²) in [6.45, 7) is 0.611. The zero-order valence-electron chi connectivity index (χ0n) is 9.20. The summed E-state index contributed by atoms with van der Waals surface area (Å²) in [5, 5.41) is 3.65. The quantitative estimate of drug-likeness (QED) is 0.692. The lowest BCUT2D eigenvalue weighted by Gasteiger charge is -2.33. The summed E-state index contributed by atoms with van der Waals surface area (Å²) >= 11 is 0. The van der Waals surface area contributed by atoms with Crippen LogP contribution >= 0.6 is 0 Å². The van der Waals surface area contributed by atoms with Gasteiger partial charge in [-0.2, -0.15) is 0 Å². The first-order valence-electron chi connectivity index (χ1n) is 5.93. The number of carbonyl (C=O) groups is 1. The number of hydrogen-bond acceptors (Lipinski definition) is 3. The average Bonchev–Trinajstić information content (AvgIpc) is 2.78. The summed E-state index contributed by atoms with van der Waals surface area (Å²) in [5.41, 5.74) is 1.41. The largest absolute Gasteiger partial charge is 0.371 e. The Labute approximate surface area is 90.5 Å². The minimum absolute atomic E-state index is 0.345. The molecule has 1 N–H and O–H groups in total. The molecule has 3 heterocycles. The molecule has 2 fully saturated rings. The second-order valence-corrected chi connectivity index (χ2v) is 5.12. The van der Waals surface area contributed by atoms with Gasteiger partial charge in [0.2, 0.25) is 0 Å². The monoisotopic (exact) mass is 206 g/mol. The van der Waals surface area contributed by atoms with Gasteiger partial charge in [0.05, 0.1) is 6.54 Å². The van der Waals surface area contributed by atoms with E-state index in [1.807, 2.05) is 0 Å². The Morgan fingerprint density at radius 2 is 2.33 bits per heavy atom. The second-order valence-electron chi connectivity index (χ2n) is 5.12. The van der Waals surface area contributed by atoms with Crippen molar-refractivity contribution in [1.29, 1.82) is 0 Å². The Bertz CT molecular complexity index is 324. The van der Waals surface area contributed by atoms with Crippen LogP contribution in [0.2, 0.25) is 0 Å². The zero-order valence-corrected chi connectivity index (χ0v) is 9.20. The Kier molecular flexibility index (Phi) is 2.09. The number of hydrogen-bond donors (Lipinski definition) is 1. The molecule has 3 aliphatic rings. The number of likely N-dealkylation sites (N-methyl/N-ethyl adjacent to an activating group) is 1. The maximum atomic E-state index is 11.3. The minimum Gasteiger partial charge on any atom is -0.371 e. The average molecular weight is 206 g/mol. The van der Waals surface area contributed by atoms with Crippen LogP contribution in [0, 0.1) is 5.92 Å². The highest BCUT2D eigenvalue weighted by Crippen LogP contribution is 2.39. The second kappa shape index (κ2) is 3.34. The van der Waals surface area contributed by atoms with Gasteiger partial charge in [-0.05, 0) is 19.3 Å². The van der Waals surface area contributed by atoms with Gasteiger partial charge in [0.15, 0.2) is 5.78 Å². The standard InChI is InChI=1S/C12H18N2O/c1-14-7-9(15)3-5-12(14)10-6-8-2-4-11(10)13-8/h5,8,10-11,13H,2-4,6-7H2,1H3. The number of ketones is 1. The van der Waals surface area contributed by atoms with Crippen molar-refractivity contribution < 1.29 is 4.79 Å². The van der Waals surface area contributed by atoms with Gasteiger partial charge in [-0.1, -0.05) is 6.08 Å². The van der Waals surface area contributed by atoms with Crippen molar-refractivity contribution in [3.63, 3.8) is 0 Å². The molecule has 3 heteroatoms. The van der Waals surface area contributed by atoms with Crippen LogP contribution in [0.15, 0.2) is 11.8 Å². The van der Waals surface area contributed by atoms with Gasteiger partial charge < -0.3 is 10.2 Å². The van der Waals surface area contributed by atoms with Gasteiger partial charge in [-0.3, -0.25) is 4.79 Å². The first kappa shape index (κ1) is 9.40. The summed E-state index contributed by atoms with van der Waals surface area (Å²) in [4.78, 5) is 13.4. The molecule has 0 saturated carbocycles. The van der Waals surface area contributed by atoms with E-state index in [2.05, 4.69) is 23.3 Å². The number of rotatable bonds is 1. The van der Waals surface area contributed by atoms with Crippen molar-refractivity contribution in [2.45, 2.75) is 37.8 Å². The Balaban J connectivity index is 1.79. The fraction of sp³-hybridized carbons (Fsp3) is 0.750. The molecule has 0 aromatic rings. The minimum atomic E-state index is 0.345. The highest BCUT2D eigenvalue weighted by Gasteiger charge is 2.42. The topological polar surface area (TPSA) is 32.3 Å². The van der Waals surface area contributed by atoms with E-state index in [9.17, 15) is 4.79 Å². The molecule has 3 aliphatic heterocycles. The van der Waals surface area contributed by atoms with Crippen molar-refractivity contribution in [1.82, 2.24) is 10.2 Å². The fourth-order valence-corrected chi connectivity index (χ4v) is 3.38. The molecule has 15 heavy (non-hydrogen) atoms. The number of Topliss-reactive ketones (excluding diaryl/α,β-unsaturated/α-hetero) is 1. The summed E-state index contributed by atoms with van der Waals surface area (Å²) in [7, 11) is 2.05. The van der Waals surface area contributed by atoms with E-state index in [-0.39, 0.29) is 0 Å². The number of nitrogens with one attached hydrogen (secondary N) is 1. The predicted octanol–water partition coefficient (Wildman–Crippen LogP) is 0.915. The third-order valence-electron chi connectivity index (χ3n) is 4.07. The summed E-state index contributed by atoms with van der Waals surface area (Å²) in [6, 6.07) is 1.42. The van der Waals surface area contributed by atoms with Gasteiger partial charge in [0.25, 0.3) is 0 Å². The van der Waals surface area contributed by atoms with E-state index < -0.39 is 0 Å². The molecule has 0 aromatic heterocycles. The molecule has 0 aliphatic carbocycles. The highest BCUT2D eigenvalue weighted by molar-refractivity contribution is 5.83. The lowest BCUT2D eigenvalue weighted by Crippen LogP contribution is -2.36. The van der Waals surface area contributed by atoms with E-state index in [1.54, 1.807) is 0 Å². The number of allylic oxidation sites excluding steroid dienone is 1. The molecule has 3 rings (SSSR count). The van der Waals surface area contributed by atoms with Crippen molar-refractivity contribution >= 4 is 5.78 Å². The van der Waals surface area contributed by atoms with E-state index in [0.717, 1.165) is 6.04 Å². The zero-order chi connectivity index (χ0) is 10.4. The van der Waals surface area contributed by atoms with Crippen LogP contribution in [0.5, 0.6) is 0 Å². The summed E-state index contributed by atoms with van der Waals surface area (Å²) < 4.78 is 0. The summed E-state index contributed by atoms with van der Waals surface area (Å²) in [6.07, 6.45) is 6.73. The lowest BCUT2D eigenvalue weighted by molar-refractivity contribution is -0.119. The molecular formula is C12H18N2O. The van der Waals surface area contributed by atoms with Crippen LogP contribution in [0.4, 0.5) is 0 Å². The maximum absolute atomic E-state index is 11.3. The number of carbonyl (C=O) groups excluding carboxylic acids is 1. The fourth-order valence-electron chi connectivity index (χ4n) is 3.38. The van der Waals surface area contributed by atoms with Crippen molar-refractivity contribution in [3.05, 3.63) is 11.8 Å². The molecule has 82 valence electrons. The Hall–Kier alpha value is -0.830. The molecule has 0 spiro atoms. The van der Waals surface area contributed by atoms with Gasteiger partial charge in [-0.25, -0.2) is 0 Å². The van der Waals surface area contributed by atoms with Crippen molar-refractivity contribution in [3.8, 4) is 0 Å².